The molecule has 0 bridgehead atoms. The Balaban J connectivity index is 1.48. The van der Waals surface area contributed by atoms with Crippen molar-refractivity contribution in [3.63, 3.8) is 0 Å². The van der Waals surface area contributed by atoms with E-state index >= 15 is 0 Å². The first-order chi connectivity index (χ1) is 12.1. The van der Waals surface area contributed by atoms with Crippen LogP contribution in [0.1, 0.15) is 16.1 Å². The average Bonchev–Trinajstić information content (AvgIpc) is 3.17. The second-order valence-corrected chi connectivity index (χ2v) is 5.56. The average molecular weight is 343 g/mol. The molecule has 1 aliphatic heterocycles. The Morgan fingerprint density at radius 3 is 2.44 bits per heavy atom. The maximum Gasteiger partial charge on any atom is 0.321 e. The van der Waals surface area contributed by atoms with Gasteiger partial charge in [0.2, 0.25) is 0 Å². The molecule has 1 aliphatic rings. The summed E-state index contributed by atoms with van der Waals surface area (Å²) in [5.41, 5.74) is 0.400. The lowest BCUT2D eigenvalue weighted by atomic mass is 10.2. The summed E-state index contributed by atoms with van der Waals surface area (Å²) >= 11 is 0. The number of hydrogen-bond acceptors (Lipinski definition) is 3. The van der Waals surface area contributed by atoms with E-state index in [2.05, 4.69) is 5.32 Å². The number of carbonyl (C=O) groups excluding carboxylic acids is 2. The van der Waals surface area contributed by atoms with Gasteiger partial charge in [-0.2, -0.15) is 0 Å². The van der Waals surface area contributed by atoms with Crippen LogP contribution in [0.5, 0.6) is 0 Å². The van der Waals surface area contributed by atoms with E-state index in [0.29, 0.717) is 37.5 Å². The largest absolute Gasteiger partial charge is 0.459 e. The number of carbonyl (C=O) groups is 2. The number of hydrogen-bond donors (Lipinski definition) is 1. The molecule has 6 nitrogen and oxygen atoms in total. The Hall–Kier alpha value is -3.09. The first kappa shape index (κ1) is 16.8. The summed E-state index contributed by atoms with van der Waals surface area (Å²) in [6.45, 7) is 1.71. The van der Waals surface area contributed by atoms with E-state index in [1.54, 1.807) is 40.1 Å². The predicted octanol–water partition coefficient (Wildman–Crippen LogP) is 2.56. The smallest absolute Gasteiger partial charge is 0.321 e. The molecule has 1 N–H and O–H groups in total. The van der Waals surface area contributed by atoms with Crippen molar-refractivity contribution in [2.45, 2.75) is 0 Å². The standard InChI is InChI=1S/C18H18FN3O3/c19-15-5-2-1-4-14(15)7-8-20-18(24)22-11-9-21(10-12-22)17(23)16-6-3-13-25-16/h1-8,13H,9-12H2,(H,20,24)/b8-7+. The molecule has 0 atom stereocenters. The molecule has 1 saturated heterocycles. The van der Waals surface area contributed by atoms with Gasteiger partial charge in [0.25, 0.3) is 5.91 Å². The summed E-state index contributed by atoms with van der Waals surface area (Å²) in [6.07, 6.45) is 4.38. The molecule has 1 aromatic heterocycles. The molecular weight excluding hydrogens is 325 g/mol. The van der Waals surface area contributed by atoms with Crippen molar-refractivity contribution in [3.8, 4) is 0 Å². The van der Waals surface area contributed by atoms with Crippen LogP contribution in [0.2, 0.25) is 0 Å². The molecule has 0 saturated carbocycles. The third kappa shape index (κ3) is 4.06. The Morgan fingerprint density at radius 1 is 1.04 bits per heavy atom. The monoisotopic (exact) mass is 343 g/mol. The minimum atomic E-state index is -0.349. The van der Waals surface area contributed by atoms with Gasteiger partial charge in [-0.1, -0.05) is 18.2 Å². The van der Waals surface area contributed by atoms with Crippen molar-refractivity contribution >= 4 is 18.0 Å². The SMILES string of the molecule is O=C(N/C=C/c1ccccc1F)N1CCN(C(=O)c2ccco2)CC1. The Bertz CT molecular complexity index is 766. The Morgan fingerprint density at radius 2 is 1.76 bits per heavy atom. The number of nitrogens with zero attached hydrogens (tertiary/aromatic N) is 2. The van der Waals surface area contributed by atoms with Crippen molar-refractivity contribution in [1.82, 2.24) is 15.1 Å². The lowest BCUT2D eigenvalue weighted by Gasteiger charge is -2.34. The molecule has 25 heavy (non-hydrogen) atoms. The van der Waals surface area contributed by atoms with E-state index in [4.69, 9.17) is 4.42 Å². The van der Waals surface area contributed by atoms with E-state index in [0.717, 1.165) is 0 Å². The molecule has 130 valence electrons. The van der Waals surface area contributed by atoms with Crippen LogP contribution in [-0.4, -0.2) is 47.9 Å². The van der Waals surface area contributed by atoms with Crippen molar-refractivity contribution < 1.29 is 18.4 Å². The highest BCUT2D eigenvalue weighted by molar-refractivity contribution is 5.91. The lowest BCUT2D eigenvalue weighted by Crippen LogP contribution is -2.52. The Kier molecular flexibility index (Phi) is 5.13. The number of piperazine rings is 1. The van der Waals surface area contributed by atoms with Gasteiger partial charge in [0.15, 0.2) is 5.76 Å². The van der Waals surface area contributed by atoms with Crippen LogP contribution < -0.4 is 5.32 Å². The molecule has 0 unspecified atom stereocenters. The fourth-order valence-corrected chi connectivity index (χ4v) is 2.57. The lowest BCUT2D eigenvalue weighted by molar-refractivity contribution is 0.0636. The molecule has 2 heterocycles. The predicted molar refractivity (Wildman–Crippen MR) is 90.2 cm³/mol. The van der Waals surface area contributed by atoms with Crippen LogP contribution in [0.25, 0.3) is 6.08 Å². The second kappa shape index (κ2) is 7.65. The highest BCUT2D eigenvalue weighted by atomic mass is 19.1. The van der Waals surface area contributed by atoms with Gasteiger partial charge in [0.1, 0.15) is 5.82 Å². The van der Waals surface area contributed by atoms with Crippen LogP contribution in [0.3, 0.4) is 0 Å². The zero-order valence-electron chi connectivity index (χ0n) is 13.5. The van der Waals surface area contributed by atoms with Crippen LogP contribution in [0, 0.1) is 5.82 Å². The summed E-state index contributed by atoms with van der Waals surface area (Å²) in [5.74, 6) is -0.228. The van der Waals surface area contributed by atoms with Crippen molar-refractivity contribution in [1.29, 1.82) is 0 Å². The number of furan rings is 1. The van der Waals surface area contributed by atoms with Gasteiger partial charge in [0, 0.05) is 37.9 Å². The van der Waals surface area contributed by atoms with E-state index in [1.165, 1.54) is 24.6 Å². The van der Waals surface area contributed by atoms with E-state index in [1.807, 2.05) is 0 Å². The molecule has 0 radical (unpaired) electrons. The van der Waals surface area contributed by atoms with E-state index < -0.39 is 0 Å². The number of halogens is 1. The molecule has 1 aromatic carbocycles. The first-order valence-corrected chi connectivity index (χ1v) is 7.94. The molecule has 0 spiro atoms. The minimum absolute atomic E-state index is 0.176. The van der Waals surface area contributed by atoms with E-state index in [9.17, 15) is 14.0 Å². The maximum absolute atomic E-state index is 13.5. The maximum atomic E-state index is 13.5. The number of urea groups is 1. The van der Waals surface area contributed by atoms with E-state index in [-0.39, 0.29) is 17.8 Å². The van der Waals surface area contributed by atoms with Crippen LogP contribution >= 0.6 is 0 Å². The number of amides is 3. The summed E-state index contributed by atoms with van der Waals surface area (Å²) < 4.78 is 18.6. The quantitative estimate of drug-likeness (QED) is 0.931. The van der Waals surface area contributed by atoms with Gasteiger partial charge in [-0.15, -0.1) is 0 Å². The second-order valence-electron chi connectivity index (χ2n) is 5.56. The molecular formula is C18H18FN3O3. The van der Waals surface area contributed by atoms with Crippen LogP contribution in [0.15, 0.2) is 53.3 Å². The van der Waals surface area contributed by atoms with Crippen molar-refractivity contribution in [2.24, 2.45) is 0 Å². The van der Waals surface area contributed by atoms with Gasteiger partial charge in [-0.3, -0.25) is 4.79 Å². The van der Waals surface area contributed by atoms with Gasteiger partial charge >= 0.3 is 6.03 Å². The molecule has 3 amide bonds. The van der Waals surface area contributed by atoms with Crippen LogP contribution in [-0.2, 0) is 0 Å². The Labute approximate surface area is 144 Å². The van der Waals surface area contributed by atoms with Gasteiger partial charge < -0.3 is 19.5 Å². The molecule has 1 fully saturated rings. The summed E-state index contributed by atoms with van der Waals surface area (Å²) in [4.78, 5) is 27.6. The molecule has 0 aliphatic carbocycles. The molecule has 2 aromatic rings. The third-order valence-electron chi connectivity index (χ3n) is 3.96. The fraction of sp³-hybridized carbons (Fsp3) is 0.222. The minimum Gasteiger partial charge on any atom is -0.459 e. The number of benzene rings is 1. The van der Waals surface area contributed by atoms with Crippen molar-refractivity contribution in [2.75, 3.05) is 26.2 Å². The molecule has 7 heteroatoms. The number of nitrogens with one attached hydrogen (secondary N) is 1. The van der Waals surface area contributed by atoms with Gasteiger partial charge in [-0.05, 0) is 24.3 Å². The fourth-order valence-electron chi connectivity index (χ4n) is 2.57. The highest BCUT2D eigenvalue weighted by Crippen LogP contribution is 2.10. The summed E-state index contributed by atoms with van der Waals surface area (Å²) in [7, 11) is 0. The van der Waals surface area contributed by atoms with Gasteiger partial charge in [0.05, 0.1) is 6.26 Å². The highest BCUT2D eigenvalue weighted by Gasteiger charge is 2.25. The zero-order valence-corrected chi connectivity index (χ0v) is 13.5. The number of rotatable bonds is 3. The van der Waals surface area contributed by atoms with Crippen LogP contribution in [0.4, 0.5) is 9.18 Å². The van der Waals surface area contributed by atoms with Gasteiger partial charge in [-0.25, -0.2) is 9.18 Å². The zero-order chi connectivity index (χ0) is 17.6. The molecule has 3 rings (SSSR count). The topological polar surface area (TPSA) is 65.8 Å². The summed E-state index contributed by atoms with van der Waals surface area (Å²) in [5, 5.41) is 2.62. The van der Waals surface area contributed by atoms with Crippen molar-refractivity contribution in [3.05, 3.63) is 66.0 Å². The third-order valence-corrected chi connectivity index (χ3v) is 3.96. The first-order valence-electron chi connectivity index (χ1n) is 7.94. The summed E-state index contributed by atoms with van der Waals surface area (Å²) in [6, 6.07) is 9.31. The normalized spacial score (nSPS) is 14.8.